The van der Waals surface area contributed by atoms with Gasteiger partial charge in [-0.2, -0.15) is 0 Å². The maximum atomic E-state index is 13.7. The van der Waals surface area contributed by atoms with Crippen molar-refractivity contribution in [1.29, 1.82) is 0 Å². The highest BCUT2D eigenvalue weighted by Crippen LogP contribution is 2.30. The van der Waals surface area contributed by atoms with Crippen LogP contribution >= 0.6 is 0 Å². The Kier molecular flexibility index (Phi) is 6.62. The van der Waals surface area contributed by atoms with Crippen LogP contribution in [0.15, 0.2) is 42.5 Å². The standard InChI is InChI=1S/C28H32N4O5/c1-16-8-9-17(2)20(12-16)26(34)29-19-14-22-27(35)30-21-10-11-31(25(21)28(36)32(22)15-19)24(33)13-18-6-4-5-7-23(18)37-3/h4-9,12,19,21-22,25H,10-11,13-15H2,1-3H3,(H,29,34)(H,30,35)/t19-,21-,22+,25-/m0/s1. The van der Waals surface area contributed by atoms with Gasteiger partial charge in [-0.15, -0.1) is 0 Å². The number of rotatable bonds is 5. The van der Waals surface area contributed by atoms with Crippen molar-refractivity contribution in [1.82, 2.24) is 20.4 Å². The highest BCUT2D eigenvalue weighted by atomic mass is 16.5. The van der Waals surface area contributed by atoms with Gasteiger partial charge in [-0.05, 0) is 44.4 Å². The molecule has 9 heteroatoms. The number of aryl methyl sites for hydroxylation is 2. The zero-order chi connectivity index (χ0) is 26.3. The van der Waals surface area contributed by atoms with Crippen LogP contribution in [0.2, 0.25) is 0 Å². The molecule has 194 valence electrons. The number of hydrogen-bond acceptors (Lipinski definition) is 5. The van der Waals surface area contributed by atoms with Gasteiger partial charge in [0.25, 0.3) is 5.91 Å². The topological polar surface area (TPSA) is 108 Å². The van der Waals surface area contributed by atoms with Gasteiger partial charge in [0, 0.05) is 30.3 Å². The van der Waals surface area contributed by atoms with Crippen molar-refractivity contribution in [2.75, 3.05) is 20.2 Å². The van der Waals surface area contributed by atoms with Gasteiger partial charge < -0.3 is 25.2 Å². The Labute approximate surface area is 216 Å². The number of nitrogens with one attached hydrogen (secondary N) is 2. The molecule has 5 rings (SSSR count). The lowest BCUT2D eigenvalue weighted by molar-refractivity contribution is -0.144. The van der Waals surface area contributed by atoms with Gasteiger partial charge in [-0.1, -0.05) is 35.9 Å². The van der Waals surface area contributed by atoms with E-state index in [1.165, 1.54) is 0 Å². The molecule has 4 amide bonds. The predicted molar refractivity (Wildman–Crippen MR) is 136 cm³/mol. The number of likely N-dealkylation sites (tertiary alicyclic amines) is 1. The number of amides is 4. The summed E-state index contributed by atoms with van der Waals surface area (Å²) in [6.07, 6.45) is 0.961. The Bertz CT molecular complexity index is 1260. The minimum absolute atomic E-state index is 0.104. The van der Waals surface area contributed by atoms with Crippen LogP contribution in [0, 0.1) is 13.8 Å². The number of ether oxygens (including phenoxy) is 1. The minimum atomic E-state index is -0.760. The molecule has 0 spiro atoms. The molecule has 3 heterocycles. The summed E-state index contributed by atoms with van der Waals surface area (Å²) in [4.78, 5) is 56.3. The number of methoxy groups -OCH3 is 1. The van der Waals surface area contributed by atoms with Crippen molar-refractivity contribution in [2.45, 2.75) is 57.3 Å². The highest BCUT2D eigenvalue weighted by Gasteiger charge is 2.52. The van der Waals surface area contributed by atoms with E-state index in [9.17, 15) is 19.2 Å². The molecular formula is C28H32N4O5. The zero-order valence-corrected chi connectivity index (χ0v) is 21.3. The molecule has 2 aromatic rings. The molecule has 0 aromatic heterocycles. The largest absolute Gasteiger partial charge is 0.496 e. The SMILES string of the molecule is COc1ccccc1CC(=O)N1CC[C@@H]2NC(=O)[C@H]3C[C@H](NC(=O)c4cc(C)ccc4C)CN3C(=O)[C@H]21. The van der Waals surface area contributed by atoms with Crippen molar-refractivity contribution in [3.8, 4) is 5.75 Å². The fourth-order valence-electron chi connectivity index (χ4n) is 5.77. The van der Waals surface area contributed by atoms with Gasteiger partial charge in [0.05, 0.1) is 19.6 Å². The zero-order valence-electron chi connectivity index (χ0n) is 21.3. The second-order valence-electron chi connectivity index (χ2n) is 10.2. The van der Waals surface area contributed by atoms with Crippen LogP contribution in [0.5, 0.6) is 5.75 Å². The Morgan fingerprint density at radius 3 is 2.70 bits per heavy atom. The third kappa shape index (κ3) is 4.65. The Morgan fingerprint density at radius 2 is 1.92 bits per heavy atom. The van der Waals surface area contributed by atoms with Gasteiger partial charge in [0.15, 0.2) is 0 Å². The molecule has 0 aliphatic carbocycles. The van der Waals surface area contributed by atoms with Crippen LogP contribution in [0.1, 0.15) is 39.9 Å². The summed E-state index contributed by atoms with van der Waals surface area (Å²) < 4.78 is 5.38. The molecule has 37 heavy (non-hydrogen) atoms. The Morgan fingerprint density at radius 1 is 1.14 bits per heavy atom. The lowest BCUT2D eigenvalue weighted by atomic mass is 10.0. The number of benzene rings is 2. The molecule has 3 aliphatic heterocycles. The first-order chi connectivity index (χ1) is 17.8. The van der Waals surface area contributed by atoms with E-state index in [-0.39, 0.29) is 42.6 Å². The summed E-state index contributed by atoms with van der Waals surface area (Å²) in [5.41, 5.74) is 3.18. The number of carbonyl (C=O) groups is 4. The quantitative estimate of drug-likeness (QED) is 0.639. The van der Waals surface area contributed by atoms with E-state index in [1.54, 1.807) is 23.0 Å². The smallest absolute Gasteiger partial charge is 0.251 e. The number of nitrogens with zero attached hydrogens (tertiary/aromatic N) is 2. The molecule has 3 fully saturated rings. The maximum Gasteiger partial charge on any atom is 0.251 e. The molecule has 4 atom stereocenters. The van der Waals surface area contributed by atoms with E-state index < -0.39 is 18.1 Å². The van der Waals surface area contributed by atoms with Gasteiger partial charge in [0.2, 0.25) is 17.7 Å². The molecule has 2 N–H and O–H groups in total. The molecule has 9 nitrogen and oxygen atoms in total. The summed E-state index contributed by atoms with van der Waals surface area (Å²) in [7, 11) is 1.56. The molecule has 0 bridgehead atoms. The molecule has 0 radical (unpaired) electrons. The second kappa shape index (κ2) is 9.88. The average molecular weight is 505 g/mol. The molecule has 3 saturated heterocycles. The van der Waals surface area contributed by atoms with Crippen LogP contribution in [0.25, 0.3) is 0 Å². The van der Waals surface area contributed by atoms with Gasteiger partial charge >= 0.3 is 0 Å². The van der Waals surface area contributed by atoms with E-state index in [0.29, 0.717) is 30.7 Å². The third-order valence-electron chi connectivity index (χ3n) is 7.69. The van der Waals surface area contributed by atoms with E-state index >= 15 is 0 Å². The summed E-state index contributed by atoms with van der Waals surface area (Å²) in [5, 5.41) is 6.02. The van der Waals surface area contributed by atoms with E-state index in [4.69, 9.17) is 4.74 Å². The van der Waals surface area contributed by atoms with E-state index in [1.807, 2.05) is 50.2 Å². The highest BCUT2D eigenvalue weighted by molar-refractivity contribution is 5.98. The van der Waals surface area contributed by atoms with Crippen LogP contribution in [0.3, 0.4) is 0 Å². The first kappa shape index (κ1) is 24.8. The average Bonchev–Trinajstić information content (AvgIpc) is 3.48. The monoisotopic (exact) mass is 504 g/mol. The molecule has 0 saturated carbocycles. The van der Waals surface area contributed by atoms with E-state index in [2.05, 4.69) is 10.6 Å². The van der Waals surface area contributed by atoms with Crippen LogP contribution < -0.4 is 15.4 Å². The van der Waals surface area contributed by atoms with Gasteiger partial charge in [-0.25, -0.2) is 0 Å². The maximum absolute atomic E-state index is 13.7. The third-order valence-corrected chi connectivity index (χ3v) is 7.69. The van der Waals surface area contributed by atoms with E-state index in [0.717, 1.165) is 16.7 Å². The molecule has 3 aliphatic rings. The van der Waals surface area contributed by atoms with Crippen molar-refractivity contribution in [3.63, 3.8) is 0 Å². The second-order valence-corrected chi connectivity index (χ2v) is 10.2. The predicted octanol–water partition coefficient (Wildman–Crippen LogP) is 1.35. The van der Waals surface area contributed by atoms with Crippen LogP contribution in [-0.2, 0) is 20.8 Å². The lowest BCUT2D eigenvalue weighted by Gasteiger charge is -2.29. The molecular weight excluding hydrogens is 472 g/mol. The van der Waals surface area contributed by atoms with Crippen molar-refractivity contribution < 1.29 is 23.9 Å². The Hall–Kier alpha value is -3.88. The normalized spacial score (nSPS) is 24.7. The summed E-state index contributed by atoms with van der Waals surface area (Å²) >= 11 is 0. The fourth-order valence-corrected chi connectivity index (χ4v) is 5.77. The number of carbonyl (C=O) groups excluding carboxylic acids is 4. The number of hydrogen-bond donors (Lipinski definition) is 2. The number of fused-ring (bicyclic) bond motifs is 2. The summed E-state index contributed by atoms with van der Waals surface area (Å²) in [5.74, 6) is -0.263. The summed E-state index contributed by atoms with van der Waals surface area (Å²) in [6.45, 7) is 4.42. The van der Waals surface area contributed by atoms with Crippen LogP contribution in [-0.4, -0.2) is 77.8 Å². The van der Waals surface area contributed by atoms with Crippen molar-refractivity contribution in [3.05, 3.63) is 64.7 Å². The van der Waals surface area contributed by atoms with Crippen LogP contribution in [0.4, 0.5) is 0 Å². The molecule has 0 unspecified atom stereocenters. The van der Waals surface area contributed by atoms with Crippen molar-refractivity contribution in [2.24, 2.45) is 0 Å². The lowest BCUT2D eigenvalue weighted by Crippen LogP contribution is -2.53. The van der Waals surface area contributed by atoms with Gasteiger partial charge in [0.1, 0.15) is 17.8 Å². The minimum Gasteiger partial charge on any atom is -0.496 e. The fraction of sp³-hybridized carbons (Fsp3) is 0.429. The molecule has 2 aromatic carbocycles. The first-order valence-electron chi connectivity index (χ1n) is 12.7. The Balaban J connectivity index is 1.32. The first-order valence-corrected chi connectivity index (χ1v) is 12.7. The number of para-hydroxylation sites is 1. The summed E-state index contributed by atoms with van der Waals surface area (Å²) in [6, 6.07) is 10.8. The van der Waals surface area contributed by atoms with Gasteiger partial charge in [-0.3, -0.25) is 19.2 Å². The van der Waals surface area contributed by atoms with Crippen molar-refractivity contribution >= 4 is 23.6 Å².